The van der Waals surface area contributed by atoms with Gasteiger partial charge in [0.25, 0.3) is 10.2 Å². The first-order chi connectivity index (χ1) is 9.62. The van der Waals surface area contributed by atoms with E-state index in [4.69, 9.17) is 5.73 Å². The fourth-order valence-electron chi connectivity index (χ4n) is 2.55. The van der Waals surface area contributed by atoms with Gasteiger partial charge < -0.3 is 10.6 Å². The third-order valence-electron chi connectivity index (χ3n) is 3.96. The highest BCUT2D eigenvalue weighted by molar-refractivity contribution is 7.87. The van der Waals surface area contributed by atoms with Gasteiger partial charge in [-0.05, 0) is 51.7 Å². The van der Waals surface area contributed by atoms with E-state index >= 15 is 0 Å². The van der Waals surface area contributed by atoms with Crippen molar-refractivity contribution in [1.82, 2.24) is 13.9 Å². The quantitative estimate of drug-likeness (QED) is 0.624. The van der Waals surface area contributed by atoms with E-state index in [1.165, 1.54) is 0 Å². The van der Waals surface area contributed by atoms with Crippen molar-refractivity contribution in [3.8, 4) is 0 Å². The summed E-state index contributed by atoms with van der Waals surface area (Å²) in [5, 5.41) is 0. The molecule has 6 nitrogen and oxygen atoms in total. The van der Waals surface area contributed by atoms with E-state index in [-0.39, 0.29) is 6.04 Å². The SMILES string of the molecule is NCCCCCN1CCCN(S(=O)(=O)NC2CC2)CC1. The Morgan fingerprint density at radius 1 is 1.05 bits per heavy atom. The summed E-state index contributed by atoms with van der Waals surface area (Å²) in [7, 11) is -3.26. The number of nitrogens with two attached hydrogens (primary N) is 1. The Morgan fingerprint density at radius 3 is 2.55 bits per heavy atom. The van der Waals surface area contributed by atoms with E-state index in [0.29, 0.717) is 13.1 Å². The predicted octanol–water partition coefficient (Wildman–Crippen LogP) is 0.120. The lowest BCUT2D eigenvalue weighted by Crippen LogP contribution is -2.43. The Labute approximate surface area is 122 Å². The average Bonchev–Trinajstić information content (AvgIpc) is 3.21. The molecule has 0 bridgehead atoms. The molecule has 20 heavy (non-hydrogen) atoms. The maximum absolute atomic E-state index is 12.2. The molecule has 1 saturated carbocycles. The van der Waals surface area contributed by atoms with Crippen molar-refractivity contribution in [2.24, 2.45) is 5.73 Å². The van der Waals surface area contributed by atoms with Crippen LogP contribution in [-0.2, 0) is 10.2 Å². The van der Waals surface area contributed by atoms with Gasteiger partial charge in [-0.2, -0.15) is 17.4 Å². The lowest BCUT2D eigenvalue weighted by molar-refractivity contribution is 0.279. The molecule has 0 amide bonds. The summed E-state index contributed by atoms with van der Waals surface area (Å²) in [6.45, 7) is 4.91. The molecule has 0 radical (unpaired) electrons. The van der Waals surface area contributed by atoms with Crippen LogP contribution in [0.3, 0.4) is 0 Å². The maximum atomic E-state index is 12.2. The zero-order chi connectivity index (χ0) is 14.4. The zero-order valence-corrected chi connectivity index (χ0v) is 13.1. The molecule has 0 aromatic carbocycles. The van der Waals surface area contributed by atoms with Gasteiger partial charge >= 0.3 is 0 Å². The first-order valence-electron chi connectivity index (χ1n) is 7.81. The summed E-state index contributed by atoms with van der Waals surface area (Å²) >= 11 is 0. The van der Waals surface area contributed by atoms with Crippen molar-refractivity contribution in [2.75, 3.05) is 39.3 Å². The largest absolute Gasteiger partial charge is 0.330 e. The molecule has 2 aliphatic rings. The fraction of sp³-hybridized carbons (Fsp3) is 1.00. The van der Waals surface area contributed by atoms with E-state index in [9.17, 15) is 8.42 Å². The minimum Gasteiger partial charge on any atom is -0.330 e. The van der Waals surface area contributed by atoms with Crippen LogP contribution in [0.15, 0.2) is 0 Å². The topological polar surface area (TPSA) is 78.7 Å². The molecule has 1 aliphatic heterocycles. The highest BCUT2D eigenvalue weighted by Gasteiger charge is 2.31. The molecule has 0 unspecified atom stereocenters. The summed E-state index contributed by atoms with van der Waals surface area (Å²) in [5.41, 5.74) is 5.49. The van der Waals surface area contributed by atoms with Gasteiger partial charge in [0.15, 0.2) is 0 Å². The van der Waals surface area contributed by atoms with E-state index in [2.05, 4.69) is 9.62 Å². The number of hydrogen-bond acceptors (Lipinski definition) is 4. The molecule has 118 valence electrons. The normalized spacial score (nSPS) is 22.9. The Morgan fingerprint density at radius 2 is 1.85 bits per heavy atom. The van der Waals surface area contributed by atoms with E-state index in [1.54, 1.807) is 4.31 Å². The highest BCUT2D eigenvalue weighted by Crippen LogP contribution is 2.21. The van der Waals surface area contributed by atoms with Crippen LogP contribution in [0.4, 0.5) is 0 Å². The van der Waals surface area contributed by atoms with Crippen molar-refractivity contribution in [3.63, 3.8) is 0 Å². The Hall–Kier alpha value is -0.210. The highest BCUT2D eigenvalue weighted by atomic mass is 32.2. The van der Waals surface area contributed by atoms with Gasteiger partial charge in [-0.15, -0.1) is 0 Å². The van der Waals surface area contributed by atoms with Crippen LogP contribution in [0.2, 0.25) is 0 Å². The van der Waals surface area contributed by atoms with Gasteiger partial charge in [-0.3, -0.25) is 0 Å². The molecule has 1 saturated heterocycles. The second kappa shape index (κ2) is 7.70. The number of unbranched alkanes of at least 4 members (excludes halogenated alkanes) is 2. The Bertz CT molecular complexity index is 384. The lowest BCUT2D eigenvalue weighted by Gasteiger charge is -2.21. The first-order valence-corrected chi connectivity index (χ1v) is 9.25. The predicted molar refractivity (Wildman–Crippen MR) is 80.6 cm³/mol. The van der Waals surface area contributed by atoms with Gasteiger partial charge in [-0.1, -0.05) is 6.42 Å². The number of nitrogens with one attached hydrogen (secondary N) is 1. The molecule has 1 heterocycles. The number of hydrogen-bond donors (Lipinski definition) is 2. The van der Waals surface area contributed by atoms with Crippen LogP contribution in [0, 0.1) is 0 Å². The maximum Gasteiger partial charge on any atom is 0.279 e. The van der Waals surface area contributed by atoms with Gasteiger partial charge in [0.05, 0.1) is 0 Å². The third-order valence-corrected chi connectivity index (χ3v) is 5.63. The second-order valence-electron chi connectivity index (χ2n) is 5.84. The van der Waals surface area contributed by atoms with Crippen molar-refractivity contribution in [3.05, 3.63) is 0 Å². The number of nitrogens with zero attached hydrogens (tertiary/aromatic N) is 2. The molecule has 7 heteroatoms. The molecule has 0 aromatic rings. The molecule has 0 spiro atoms. The third kappa shape index (κ3) is 5.29. The summed E-state index contributed by atoms with van der Waals surface area (Å²) in [4.78, 5) is 2.38. The molecule has 0 atom stereocenters. The van der Waals surface area contributed by atoms with Crippen LogP contribution in [0.1, 0.15) is 38.5 Å². The average molecular weight is 304 g/mol. The van der Waals surface area contributed by atoms with Crippen molar-refractivity contribution >= 4 is 10.2 Å². The van der Waals surface area contributed by atoms with Crippen molar-refractivity contribution < 1.29 is 8.42 Å². The molecular weight excluding hydrogens is 276 g/mol. The molecule has 3 N–H and O–H groups in total. The zero-order valence-electron chi connectivity index (χ0n) is 12.3. The van der Waals surface area contributed by atoms with Gasteiger partial charge in [0, 0.05) is 25.7 Å². The van der Waals surface area contributed by atoms with Crippen LogP contribution in [-0.4, -0.2) is 62.9 Å². The molecular formula is C13H28N4O2S. The van der Waals surface area contributed by atoms with E-state index in [0.717, 1.165) is 64.7 Å². The van der Waals surface area contributed by atoms with Crippen molar-refractivity contribution in [2.45, 2.75) is 44.6 Å². The van der Waals surface area contributed by atoms with Crippen molar-refractivity contribution in [1.29, 1.82) is 0 Å². The van der Waals surface area contributed by atoms with Crippen LogP contribution < -0.4 is 10.5 Å². The summed E-state index contributed by atoms with van der Waals surface area (Å²) in [5.74, 6) is 0. The minimum absolute atomic E-state index is 0.190. The Kier molecular flexibility index (Phi) is 6.22. The minimum atomic E-state index is -3.26. The van der Waals surface area contributed by atoms with Crippen LogP contribution >= 0.6 is 0 Å². The lowest BCUT2D eigenvalue weighted by atomic mass is 10.2. The van der Waals surface area contributed by atoms with Crippen LogP contribution in [0.25, 0.3) is 0 Å². The fourth-order valence-corrected chi connectivity index (χ4v) is 4.05. The monoisotopic (exact) mass is 304 g/mol. The number of rotatable bonds is 8. The van der Waals surface area contributed by atoms with Crippen LogP contribution in [0.5, 0.6) is 0 Å². The summed E-state index contributed by atoms with van der Waals surface area (Å²) < 4.78 is 28.7. The standard InChI is InChI=1S/C13H28N4O2S/c14-7-2-1-3-8-16-9-4-10-17(12-11-16)20(18,19)15-13-5-6-13/h13,15H,1-12,14H2. The van der Waals surface area contributed by atoms with E-state index < -0.39 is 10.2 Å². The molecule has 2 rings (SSSR count). The first kappa shape index (κ1) is 16.2. The van der Waals surface area contributed by atoms with Gasteiger partial charge in [-0.25, -0.2) is 0 Å². The second-order valence-corrected chi connectivity index (χ2v) is 7.54. The molecule has 0 aromatic heterocycles. The van der Waals surface area contributed by atoms with E-state index in [1.807, 2.05) is 0 Å². The smallest absolute Gasteiger partial charge is 0.279 e. The van der Waals surface area contributed by atoms with Gasteiger partial charge in [0.2, 0.25) is 0 Å². The Balaban J connectivity index is 1.73. The summed E-state index contributed by atoms with van der Waals surface area (Å²) in [6.07, 6.45) is 6.30. The molecule has 1 aliphatic carbocycles. The summed E-state index contributed by atoms with van der Waals surface area (Å²) in [6, 6.07) is 0.190. The van der Waals surface area contributed by atoms with Gasteiger partial charge in [0.1, 0.15) is 0 Å². The molecule has 2 fully saturated rings.